The predicted octanol–water partition coefficient (Wildman–Crippen LogP) is 11.9. The molecule has 0 amide bonds. The molecule has 0 radical (unpaired) electrons. The molecule has 0 saturated carbocycles. The number of benzene rings is 7. The first-order valence-electron chi connectivity index (χ1n) is 17.7. The molecule has 53 heavy (non-hydrogen) atoms. The highest BCUT2D eigenvalue weighted by Crippen LogP contribution is 2.41. The molecule has 3 heterocycles. The average molecular weight is 678 g/mol. The summed E-state index contributed by atoms with van der Waals surface area (Å²) >= 11 is 0. The normalized spacial score (nSPS) is 11.4. The van der Waals surface area contributed by atoms with Gasteiger partial charge in [-0.05, 0) is 35.4 Å². The number of aromatic nitrogens is 5. The summed E-state index contributed by atoms with van der Waals surface area (Å²) in [6, 6.07) is 65.0. The maximum atomic E-state index is 5.30. The van der Waals surface area contributed by atoms with Crippen LogP contribution in [0.4, 0.5) is 0 Å². The zero-order valence-electron chi connectivity index (χ0n) is 28.6. The van der Waals surface area contributed by atoms with E-state index >= 15 is 0 Å². The van der Waals surface area contributed by atoms with Crippen molar-refractivity contribution in [1.29, 1.82) is 0 Å². The lowest BCUT2D eigenvalue weighted by atomic mass is 9.98. The van der Waals surface area contributed by atoms with Crippen molar-refractivity contribution in [2.24, 2.45) is 0 Å². The highest BCUT2D eigenvalue weighted by Gasteiger charge is 2.20. The van der Waals surface area contributed by atoms with Gasteiger partial charge in [-0.3, -0.25) is 0 Å². The Morgan fingerprint density at radius 3 is 1.34 bits per heavy atom. The van der Waals surface area contributed by atoms with Crippen LogP contribution in [-0.2, 0) is 0 Å². The van der Waals surface area contributed by atoms with Gasteiger partial charge in [-0.1, -0.05) is 164 Å². The number of nitrogens with zero attached hydrogens (tertiary/aromatic N) is 5. The smallest absolute Gasteiger partial charge is 0.164 e. The van der Waals surface area contributed by atoms with Gasteiger partial charge in [-0.2, -0.15) is 0 Å². The first kappa shape index (κ1) is 30.6. The third-order valence-electron chi connectivity index (χ3n) is 9.85. The Hall–Kier alpha value is -7.24. The van der Waals surface area contributed by atoms with E-state index in [-0.39, 0.29) is 0 Å². The molecule has 0 saturated heterocycles. The Kier molecular flexibility index (Phi) is 7.40. The van der Waals surface area contributed by atoms with Gasteiger partial charge in [0.2, 0.25) is 0 Å². The largest absolute Gasteiger partial charge is 0.308 e. The van der Waals surface area contributed by atoms with Crippen LogP contribution in [0, 0.1) is 0 Å². The van der Waals surface area contributed by atoms with E-state index in [0.717, 1.165) is 66.6 Å². The predicted molar refractivity (Wildman–Crippen MR) is 217 cm³/mol. The minimum Gasteiger partial charge on any atom is -0.308 e. The molecule has 10 aromatic rings. The van der Waals surface area contributed by atoms with Crippen molar-refractivity contribution in [2.45, 2.75) is 0 Å². The van der Waals surface area contributed by atoms with Gasteiger partial charge in [0.25, 0.3) is 0 Å². The molecule has 10 rings (SSSR count). The molecule has 0 aliphatic carbocycles. The summed E-state index contributed by atoms with van der Waals surface area (Å²) in [6.07, 6.45) is 0. The van der Waals surface area contributed by atoms with Crippen molar-refractivity contribution in [3.05, 3.63) is 188 Å². The Labute approximate surface area is 306 Å². The van der Waals surface area contributed by atoms with Crippen LogP contribution in [0.1, 0.15) is 0 Å². The van der Waals surface area contributed by atoms with Crippen LogP contribution in [0.5, 0.6) is 0 Å². The minimum absolute atomic E-state index is 0.640. The highest BCUT2D eigenvalue weighted by molar-refractivity contribution is 6.22. The van der Waals surface area contributed by atoms with Crippen molar-refractivity contribution in [1.82, 2.24) is 24.5 Å². The van der Waals surface area contributed by atoms with Crippen LogP contribution in [0.15, 0.2) is 188 Å². The second-order valence-corrected chi connectivity index (χ2v) is 13.1. The van der Waals surface area contributed by atoms with E-state index in [9.17, 15) is 0 Å². The van der Waals surface area contributed by atoms with Crippen molar-refractivity contribution < 1.29 is 0 Å². The molecule has 5 nitrogen and oxygen atoms in total. The van der Waals surface area contributed by atoms with Gasteiger partial charge < -0.3 is 4.57 Å². The zero-order valence-corrected chi connectivity index (χ0v) is 28.6. The van der Waals surface area contributed by atoms with Crippen molar-refractivity contribution in [3.63, 3.8) is 0 Å². The molecule has 5 heteroatoms. The van der Waals surface area contributed by atoms with Gasteiger partial charge in [-0.15, -0.1) is 0 Å². The van der Waals surface area contributed by atoms with E-state index in [0.29, 0.717) is 17.5 Å². The molecule has 0 aliphatic heterocycles. The van der Waals surface area contributed by atoms with Crippen LogP contribution in [0.3, 0.4) is 0 Å². The molecule has 0 unspecified atom stereocenters. The number of hydrogen-bond donors (Lipinski definition) is 0. The van der Waals surface area contributed by atoms with Gasteiger partial charge in [0.1, 0.15) is 0 Å². The summed E-state index contributed by atoms with van der Waals surface area (Å²) in [6.45, 7) is 0. The fourth-order valence-electron chi connectivity index (χ4n) is 7.31. The number of pyridine rings is 1. The Morgan fingerprint density at radius 2 is 0.755 bits per heavy atom. The maximum Gasteiger partial charge on any atom is 0.164 e. The van der Waals surface area contributed by atoms with Crippen LogP contribution < -0.4 is 0 Å². The van der Waals surface area contributed by atoms with Crippen molar-refractivity contribution >= 4 is 32.7 Å². The molecule has 0 spiro atoms. The lowest BCUT2D eigenvalue weighted by Crippen LogP contribution is -2.00. The fourth-order valence-corrected chi connectivity index (χ4v) is 7.31. The molecular weight excluding hydrogens is 647 g/mol. The number of fused-ring (bicyclic) bond motifs is 5. The molecule has 248 valence electrons. The van der Waals surface area contributed by atoms with E-state index in [1.807, 2.05) is 60.7 Å². The van der Waals surface area contributed by atoms with E-state index in [4.69, 9.17) is 19.9 Å². The summed E-state index contributed by atoms with van der Waals surface area (Å²) in [7, 11) is 0. The van der Waals surface area contributed by atoms with Gasteiger partial charge in [0.05, 0.1) is 22.2 Å². The van der Waals surface area contributed by atoms with E-state index in [1.54, 1.807) is 0 Å². The molecule has 0 aliphatic rings. The molecule has 7 aromatic carbocycles. The van der Waals surface area contributed by atoms with Gasteiger partial charge in [-0.25, -0.2) is 19.9 Å². The van der Waals surface area contributed by atoms with E-state index in [1.165, 1.54) is 10.9 Å². The number of hydrogen-bond acceptors (Lipinski definition) is 4. The Bertz CT molecular complexity index is 2840. The molecular formula is C48H31N5. The van der Waals surface area contributed by atoms with Crippen molar-refractivity contribution in [2.75, 3.05) is 0 Å². The topological polar surface area (TPSA) is 56.5 Å². The van der Waals surface area contributed by atoms with Gasteiger partial charge in [0, 0.05) is 44.1 Å². The molecule has 0 N–H and O–H groups in total. The summed E-state index contributed by atoms with van der Waals surface area (Å²) < 4.78 is 2.38. The van der Waals surface area contributed by atoms with E-state index in [2.05, 4.69) is 132 Å². The highest BCUT2D eigenvalue weighted by atomic mass is 15.0. The Morgan fingerprint density at radius 1 is 0.321 bits per heavy atom. The number of rotatable bonds is 6. The third kappa shape index (κ3) is 5.43. The molecule has 0 bridgehead atoms. The van der Waals surface area contributed by atoms with Gasteiger partial charge >= 0.3 is 0 Å². The summed E-state index contributed by atoms with van der Waals surface area (Å²) in [5, 5.41) is 3.47. The lowest BCUT2D eigenvalue weighted by Gasteiger charge is -2.12. The standard InChI is InChI=1S/C48H31N5/c1-4-14-35(15-5-1)46-50-47(36-16-6-2-7-17-36)52-48(51-46)37-30-26-33(27-31-37)32-24-28-34(29-25-32)44-43-40-21-11-13-23-42(40)53(38-18-8-3-9-19-38)45(43)39-20-10-12-22-41(39)49-44/h1-31H. The van der Waals surface area contributed by atoms with Crippen LogP contribution in [0.2, 0.25) is 0 Å². The average Bonchev–Trinajstić information content (AvgIpc) is 3.60. The molecule has 0 fully saturated rings. The van der Waals surface area contributed by atoms with Gasteiger partial charge in [0.15, 0.2) is 17.5 Å². The third-order valence-corrected chi connectivity index (χ3v) is 9.85. The summed E-state index contributed by atoms with van der Waals surface area (Å²) in [5.74, 6) is 1.94. The quantitative estimate of drug-likeness (QED) is 0.176. The molecule has 3 aromatic heterocycles. The second-order valence-electron chi connectivity index (χ2n) is 13.1. The molecule has 0 atom stereocenters. The van der Waals surface area contributed by atoms with Crippen LogP contribution in [0.25, 0.3) is 94.9 Å². The van der Waals surface area contributed by atoms with Crippen molar-refractivity contribution in [3.8, 4) is 62.2 Å². The monoisotopic (exact) mass is 677 g/mol. The lowest BCUT2D eigenvalue weighted by molar-refractivity contribution is 1.07. The minimum atomic E-state index is 0.640. The summed E-state index contributed by atoms with van der Waals surface area (Å²) in [4.78, 5) is 20.0. The fraction of sp³-hybridized carbons (Fsp3) is 0. The second kappa shape index (κ2) is 12.8. The summed E-state index contributed by atoms with van der Waals surface area (Å²) in [5.41, 5.74) is 11.5. The zero-order chi connectivity index (χ0) is 35.1. The van der Waals surface area contributed by atoms with Crippen LogP contribution in [-0.4, -0.2) is 24.5 Å². The maximum absolute atomic E-state index is 5.30. The van der Waals surface area contributed by atoms with Crippen LogP contribution >= 0.6 is 0 Å². The SMILES string of the molecule is c1ccc(-c2nc(-c3ccccc3)nc(-c3ccc(-c4ccc(-c5nc6ccccc6c6c5c5ccccc5n6-c5ccccc5)cc4)cc3)n2)cc1. The first-order valence-corrected chi connectivity index (χ1v) is 17.7. The first-order chi connectivity index (χ1) is 26.3. The Balaban J connectivity index is 1.05. The van der Waals surface area contributed by atoms with E-state index < -0.39 is 0 Å². The number of para-hydroxylation sites is 3.